The normalized spacial score (nSPS) is 13.2. The fourth-order valence-corrected chi connectivity index (χ4v) is 1.92. The molecule has 1 unspecified atom stereocenters. The third-order valence-electron chi connectivity index (χ3n) is 3.20. The van der Waals surface area contributed by atoms with E-state index in [-0.39, 0.29) is 6.09 Å². The van der Waals surface area contributed by atoms with Crippen molar-refractivity contribution in [1.82, 2.24) is 15.6 Å². The Kier molecular flexibility index (Phi) is 6.87. The van der Waals surface area contributed by atoms with Crippen LogP contribution in [0.2, 0.25) is 0 Å². The SMILES string of the molecule is Cc1cnc(CNCC(CNC(=O)OC(C)(C)C)C(C)C)o1. The lowest BCUT2D eigenvalue weighted by molar-refractivity contribution is 0.0514. The highest BCUT2D eigenvalue weighted by molar-refractivity contribution is 5.67. The van der Waals surface area contributed by atoms with Crippen LogP contribution in [0.3, 0.4) is 0 Å². The summed E-state index contributed by atoms with van der Waals surface area (Å²) in [5.74, 6) is 2.24. The molecule has 0 saturated heterocycles. The van der Waals surface area contributed by atoms with E-state index < -0.39 is 5.60 Å². The van der Waals surface area contributed by atoms with E-state index >= 15 is 0 Å². The van der Waals surface area contributed by atoms with Gasteiger partial charge < -0.3 is 19.8 Å². The molecule has 22 heavy (non-hydrogen) atoms. The Hall–Kier alpha value is -1.56. The summed E-state index contributed by atoms with van der Waals surface area (Å²) in [5, 5.41) is 6.15. The minimum atomic E-state index is -0.474. The van der Waals surface area contributed by atoms with E-state index in [1.807, 2.05) is 27.7 Å². The van der Waals surface area contributed by atoms with E-state index in [1.54, 1.807) is 6.20 Å². The molecule has 0 aromatic carbocycles. The Morgan fingerprint density at radius 2 is 2.05 bits per heavy atom. The van der Waals surface area contributed by atoms with Crippen molar-refractivity contribution in [2.45, 2.75) is 53.7 Å². The first-order valence-corrected chi connectivity index (χ1v) is 7.76. The van der Waals surface area contributed by atoms with Gasteiger partial charge in [-0.2, -0.15) is 0 Å². The van der Waals surface area contributed by atoms with Gasteiger partial charge in [-0.15, -0.1) is 0 Å². The molecule has 0 aliphatic carbocycles. The van der Waals surface area contributed by atoms with Gasteiger partial charge in [-0.1, -0.05) is 13.8 Å². The summed E-state index contributed by atoms with van der Waals surface area (Å²) in [6.45, 7) is 13.6. The van der Waals surface area contributed by atoms with Crippen molar-refractivity contribution in [3.63, 3.8) is 0 Å². The minimum absolute atomic E-state index is 0.309. The zero-order valence-electron chi connectivity index (χ0n) is 14.5. The molecule has 1 aromatic heterocycles. The van der Waals surface area contributed by atoms with E-state index in [2.05, 4.69) is 29.5 Å². The molecule has 1 aromatic rings. The topological polar surface area (TPSA) is 76.4 Å². The first-order valence-electron chi connectivity index (χ1n) is 7.76. The number of aryl methyl sites for hydroxylation is 1. The summed E-state index contributed by atoms with van der Waals surface area (Å²) < 4.78 is 10.7. The van der Waals surface area contributed by atoms with E-state index in [9.17, 15) is 4.79 Å². The number of oxazole rings is 1. The fourth-order valence-electron chi connectivity index (χ4n) is 1.92. The Morgan fingerprint density at radius 3 is 2.55 bits per heavy atom. The lowest BCUT2D eigenvalue weighted by Gasteiger charge is -2.24. The number of nitrogens with zero attached hydrogens (tertiary/aromatic N) is 1. The highest BCUT2D eigenvalue weighted by atomic mass is 16.6. The molecule has 1 amide bonds. The first kappa shape index (κ1) is 18.5. The quantitative estimate of drug-likeness (QED) is 0.809. The second-order valence-corrected chi connectivity index (χ2v) is 6.88. The van der Waals surface area contributed by atoms with Gasteiger partial charge in [-0.25, -0.2) is 9.78 Å². The Labute approximate surface area is 133 Å². The van der Waals surface area contributed by atoms with Gasteiger partial charge in [-0.05, 0) is 39.5 Å². The summed E-state index contributed by atoms with van der Waals surface area (Å²) >= 11 is 0. The predicted molar refractivity (Wildman–Crippen MR) is 85.5 cm³/mol. The highest BCUT2D eigenvalue weighted by Gasteiger charge is 2.19. The molecule has 0 bridgehead atoms. The molecule has 6 heteroatoms. The van der Waals surface area contributed by atoms with Crippen LogP contribution in [0.25, 0.3) is 0 Å². The minimum Gasteiger partial charge on any atom is -0.445 e. The zero-order chi connectivity index (χ0) is 16.8. The second-order valence-electron chi connectivity index (χ2n) is 6.88. The third-order valence-corrected chi connectivity index (χ3v) is 3.20. The number of nitrogens with one attached hydrogen (secondary N) is 2. The van der Waals surface area contributed by atoms with Crippen molar-refractivity contribution in [2.75, 3.05) is 13.1 Å². The number of carbonyl (C=O) groups is 1. The molecule has 1 atom stereocenters. The average Bonchev–Trinajstić information content (AvgIpc) is 2.76. The standard InChI is InChI=1S/C16H29N3O3/c1-11(2)13(9-19-15(20)22-16(4,5)6)8-17-10-14-18-7-12(3)21-14/h7,11,13,17H,8-10H2,1-6H3,(H,19,20). The van der Waals surface area contributed by atoms with Gasteiger partial charge in [0.15, 0.2) is 0 Å². The first-order chi connectivity index (χ1) is 10.2. The summed E-state index contributed by atoms with van der Waals surface area (Å²) in [6.07, 6.45) is 1.34. The summed E-state index contributed by atoms with van der Waals surface area (Å²) in [4.78, 5) is 15.9. The van der Waals surface area contributed by atoms with Crippen molar-refractivity contribution in [3.8, 4) is 0 Å². The van der Waals surface area contributed by atoms with Crippen LogP contribution < -0.4 is 10.6 Å². The van der Waals surface area contributed by atoms with Crippen molar-refractivity contribution < 1.29 is 13.9 Å². The molecule has 1 heterocycles. The lowest BCUT2D eigenvalue weighted by atomic mass is 9.96. The van der Waals surface area contributed by atoms with Crippen LogP contribution in [-0.2, 0) is 11.3 Å². The second kappa shape index (κ2) is 8.17. The smallest absolute Gasteiger partial charge is 0.407 e. The van der Waals surface area contributed by atoms with Gasteiger partial charge in [0.1, 0.15) is 11.4 Å². The van der Waals surface area contributed by atoms with Gasteiger partial charge in [-0.3, -0.25) is 0 Å². The maximum absolute atomic E-state index is 11.7. The number of rotatable bonds is 7. The number of ether oxygens (including phenoxy) is 1. The number of alkyl carbamates (subject to hydrolysis) is 1. The Bertz CT molecular complexity index is 463. The van der Waals surface area contributed by atoms with Crippen LogP contribution in [0.15, 0.2) is 10.6 Å². The van der Waals surface area contributed by atoms with E-state index in [1.165, 1.54) is 0 Å². The molecule has 1 rings (SSSR count). The Morgan fingerprint density at radius 1 is 1.36 bits per heavy atom. The van der Waals surface area contributed by atoms with E-state index in [0.717, 1.165) is 12.3 Å². The molecule has 0 radical (unpaired) electrons. The summed E-state index contributed by atoms with van der Waals surface area (Å²) in [7, 11) is 0. The van der Waals surface area contributed by atoms with Crippen molar-refractivity contribution in [2.24, 2.45) is 11.8 Å². The molecule has 0 saturated carbocycles. The predicted octanol–water partition coefficient (Wildman–Crippen LogP) is 2.87. The fraction of sp³-hybridized carbons (Fsp3) is 0.750. The van der Waals surface area contributed by atoms with Gasteiger partial charge in [0.25, 0.3) is 0 Å². The molecule has 0 aliphatic rings. The zero-order valence-corrected chi connectivity index (χ0v) is 14.5. The third kappa shape index (κ3) is 7.45. The van der Waals surface area contributed by atoms with Crippen molar-refractivity contribution in [3.05, 3.63) is 17.8 Å². The number of hydrogen-bond acceptors (Lipinski definition) is 5. The van der Waals surface area contributed by atoms with E-state index in [4.69, 9.17) is 9.15 Å². The van der Waals surface area contributed by atoms with Gasteiger partial charge in [0.05, 0.1) is 12.7 Å². The number of amides is 1. The molecular formula is C16H29N3O3. The average molecular weight is 311 g/mol. The van der Waals surface area contributed by atoms with Gasteiger partial charge >= 0.3 is 6.09 Å². The van der Waals surface area contributed by atoms with Crippen LogP contribution in [-0.4, -0.2) is 29.8 Å². The largest absolute Gasteiger partial charge is 0.445 e. The van der Waals surface area contributed by atoms with Crippen LogP contribution in [0.4, 0.5) is 4.79 Å². The van der Waals surface area contributed by atoms with Gasteiger partial charge in [0.2, 0.25) is 5.89 Å². The molecule has 0 spiro atoms. The summed E-state index contributed by atoms with van der Waals surface area (Å²) in [6, 6.07) is 0. The monoisotopic (exact) mass is 311 g/mol. The molecule has 2 N–H and O–H groups in total. The lowest BCUT2D eigenvalue weighted by Crippen LogP contribution is -2.39. The number of hydrogen-bond donors (Lipinski definition) is 2. The van der Waals surface area contributed by atoms with Crippen LogP contribution in [0.1, 0.15) is 46.3 Å². The van der Waals surface area contributed by atoms with Crippen LogP contribution >= 0.6 is 0 Å². The van der Waals surface area contributed by atoms with Crippen molar-refractivity contribution in [1.29, 1.82) is 0 Å². The maximum Gasteiger partial charge on any atom is 0.407 e. The summed E-state index contributed by atoms with van der Waals surface area (Å²) in [5.41, 5.74) is -0.474. The molecule has 0 fully saturated rings. The van der Waals surface area contributed by atoms with Crippen molar-refractivity contribution >= 4 is 6.09 Å². The van der Waals surface area contributed by atoms with Crippen LogP contribution in [0.5, 0.6) is 0 Å². The maximum atomic E-state index is 11.7. The Balaban J connectivity index is 2.34. The van der Waals surface area contributed by atoms with E-state index in [0.29, 0.717) is 30.8 Å². The molecule has 6 nitrogen and oxygen atoms in total. The molecule has 126 valence electrons. The highest BCUT2D eigenvalue weighted by Crippen LogP contribution is 2.11. The number of aromatic nitrogens is 1. The molecule has 0 aliphatic heterocycles. The van der Waals surface area contributed by atoms with Crippen LogP contribution in [0, 0.1) is 18.8 Å². The molecular weight excluding hydrogens is 282 g/mol. The number of carbonyl (C=O) groups excluding carboxylic acids is 1. The van der Waals surface area contributed by atoms with Gasteiger partial charge in [0, 0.05) is 13.1 Å².